The van der Waals surface area contributed by atoms with E-state index in [9.17, 15) is 4.79 Å². The SMILES string of the molecule is CCc1nccn1C1CCCN(C(=O)C(C)C(C)N)C1. The smallest absolute Gasteiger partial charge is 0.227 e. The molecule has 1 fully saturated rings. The Morgan fingerprint density at radius 2 is 2.30 bits per heavy atom. The first-order chi connectivity index (χ1) is 9.54. The van der Waals surface area contributed by atoms with Gasteiger partial charge >= 0.3 is 0 Å². The number of nitrogens with zero attached hydrogens (tertiary/aromatic N) is 3. The molecule has 0 bridgehead atoms. The van der Waals surface area contributed by atoms with Crippen LogP contribution in [0.1, 0.15) is 45.5 Å². The summed E-state index contributed by atoms with van der Waals surface area (Å²) in [5, 5.41) is 0. The van der Waals surface area contributed by atoms with Crippen LogP contribution in [0.3, 0.4) is 0 Å². The van der Waals surface area contributed by atoms with Crippen LogP contribution in [0.15, 0.2) is 12.4 Å². The van der Waals surface area contributed by atoms with Crippen LogP contribution in [-0.4, -0.2) is 39.5 Å². The number of rotatable bonds is 4. The molecule has 0 aliphatic carbocycles. The van der Waals surface area contributed by atoms with Crippen molar-refractivity contribution < 1.29 is 4.79 Å². The predicted molar refractivity (Wildman–Crippen MR) is 79.3 cm³/mol. The molecule has 0 saturated carbocycles. The van der Waals surface area contributed by atoms with Crippen molar-refractivity contribution in [3.8, 4) is 0 Å². The third-order valence-electron chi connectivity index (χ3n) is 4.34. The normalized spacial score (nSPS) is 22.6. The third kappa shape index (κ3) is 3.03. The van der Waals surface area contributed by atoms with Gasteiger partial charge in [-0.25, -0.2) is 4.98 Å². The zero-order valence-corrected chi connectivity index (χ0v) is 12.7. The monoisotopic (exact) mass is 278 g/mol. The van der Waals surface area contributed by atoms with E-state index >= 15 is 0 Å². The fourth-order valence-electron chi connectivity index (χ4n) is 2.85. The predicted octanol–water partition coefficient (Wildman–Crippen LogP) is 1.59. The topological polar surface area (TPSA) is 64.2 Å². The third-order valence-corrected chi connectivity index (χ3v) is 4.34. The number of aromatic nitrogens is 2. The molecule has 112 valence electrons. The van der Waals surface area contributed by atoms with Gasteiger partial charge in [-0.2, -0.15) is 0 Å². The summed E-state index contributed by atoms with van der Waals surface area (Å²) in [6, 6.07) is 0.257. The molecule has 3 unspecified atom stereocenters. The summed E-state index contributed by atoms with van der Waals surface area (Å²) in [4.78, 5) is 18.8. The van der Waals surface area contributed by atoms with Gasteiger partial charge in [-0.1, -0.05) is 13.8 Å². The number of hydrogen-bond acceptors (Lipinski definition) is 3. The number of likely N-dealkylation sites (tertiary alicyclic amines) is 1. The van der Waals surface area contributed by atoms with Crippen LogP contribution in [0.5, 0.6) is 0 Å². The van der Waals surface area contributed by atoms with E-state index in [1.807, 2.05) is 31.1 Å². The Hall–Kier alpha value is -1.36. The number of carbonyl (C=O) groups excluding carboxylic acids is 1. The fourth-order valence-corrected chi connectivity index (χ4v) is 2.85. The average molecular weight is 278 g/mol. The highest BCUT2D eigenvalue weighted by Gasteiger charge is 2.29. The minimum absolute atomic E-state index is 0.0951. The molecule has 0 spiro atoms. The van der Waals surface area contributed by atoms with Gasteiger partial charge < -0.3 is 15.2 Å². The van der Waals surface area contributed by atoms with E-state index in [-0.39, 0.29) is 17.9 Å². The van der Waals surface area contributed by atoms with Crippen molar-refractivity contribution in [1.29, 1.82) is 0 Å². The van der Waals surface area contributed by atoms with Gasteiger partial charge in [-0.15, -0.1) is 0 Å². The molecule has 1 saturated heterocycles. The Bertz CT molecular complexity index is 454. The molecular formula is C15H26N4O. The Morgan fingerprint density at radius 1 is 1.55 bits per heavy atom. The minimum Gasteiger partial charge on any atom is -0.340 e. The van der Waals surface area contributed by atoms with Crippen LogP contribution in [0.4, 0.5) is 0 Å². The molecule has 5 nitrogen and oxygen atoms in total. The lowest BCUT2D eigenvalue weighted by Crippen LogP contribution is -2.46. The van der Waals surface area contributed by atoms with Gasteiger partial charge in [-0.3, -0.25) is 4.79 Å². The summed E-state index contributed by atoms with van der Waals surface area (Å²) >= 11 is 0. The number of imidazole rings is 1. The highest BCUT2D eigenvalue weighted by molar-refractivity contribution is 5.79. The Labute approximate surface area is 121 Å². The second kappa shape index (κ2) is 6.39. The largest absolute Gasteiger partial charge is 0.340 e. The van der Waals surface area contributed by atoms with Gasteiger partial charge in [0.25, 0.3) is 0 Å². The van der Waals surface area contributed by atoms with Gasteiger partial charge in [-0.05, 0) is 19.8 Å². The molecule has 2 rings (SSSR count). The van der Waals surface area contributed by atoms with Crippen molar-refractivity contribution in [2.24, 2.45) is 11.7 Å². The van der Waals surface area contributed by atoms with E-state index in [0.717, 1.165) is 38.2 Å². The first kappa shape index (κ1) is 15.0. The van der Waals surface area contributed by atoms with Gasteiger partial charge in [0, 0.05) is 37.9 Å². The molecule has 0 aromatic carbocycles. The molecule has 2 heterocycles. The van der Waals surface area contributed by atoms with Gasteiger partial charge in [0.2, 0.25) is 5.91 Å². The number of aryl methyl sites for hydroxylation is 1. The summed E-state index contributed by atoms with van der Waals surface area (Å²) in [6.07, 6.45) is 6.97. The molecule has 1 aliphatic rings. The first-order valence-corrected chi connectivity index (χ1v) is 7.60. The van der Waals surface area contributed by atoms with E-state index in [1.165, 1.54) is 0 Å². The van der Waals surface area contributed by atoms with Crippen molar-refractivity contribution in [2.45, 2.75) is 52.1 Å². The Balaban J connectivity index is 2.07. The van der Waals surface area contributed by atoms with Crippen molar-refractivity contribution in [3.63, 3.8) is 0 Å². The first-order valence-electron chi connectivity index (χ1n) is 7.60. The summed E-state index contributed by atoms with van der Waals surface area (Å²) in [5.41, 5.74) is 5.86. The zero-order chi connectivity index (χ0) is 14.7. The maximum absolute atomic E-state index is 12.4. The number of hydrogen-bond donors (Lipinski definition) is 1. The highest BCUT2D eigenvalue weighted by atomic mass is 16.2. The van der Waals surface area contributed by atoms with Crippen LogP contribution in [-0.2, 0) is 11.2 Å². The highest BCUT2D eigenvalue weighted by Crippen LogP contribution is 2.24. The Kier molecular flexibility index (Phi) is 4.81. The molecule has 3 atom stereocenters. The van der Waals surface area contributed by atoms with E-state index in [1.54, 1.807) is 0 Å². The van der Waals surface area contributed by atoms with Crippen LogP contribution < -0.4 is 5.73 Å². The maximum atomic E-state index is 12.4. The Morgan fingerprint density at radius 3 is 2.95 bits per heavy atom. The molecule has 1 aromatic heterocycles. The number of carbonyl (C=O) groups is 1. The van der Waals surface area contributed by atoms with E-state index in [4.69, 9.17) is 5.73 Å². The molecule has 1 aliphatic heterocycles. The average Bonchev–Trinajstić information content (AvgIpc) is 2.94. The van der Waals surface area contributed by atoms with Gasteiger partial charge in [0.1, 0.15) is 5.82 Å². The molecule has 1 aromatic rings. The summed E-state index contributed by atoms with van der Waals surface area (Å²) in [5.74, 6) is 1.18. The van der Waals surface area contributed by atoms with Crippen molar-refractivity contribution in [1.82, 2.24) is 14.5 Å². The second-order valence-electron chi connectivity index (χ2n) is 5.83. The number of nitrogens with two attached hydrogens (primary N) is 1. The van der Waals surface area contributed by atoms with Crippen molar-refractivity contribution in [2.75, 3.05) is 13.1 Å². The summed E-state index contributed by atoms with van der Waals surface area (Å²) < 4.78 is 2.23. The van der Waals surface area contributed by atoms with Crippen LogP contribution in [0, 0.1) is 5.92 Å². The fraction of sp³-hybridized carbons (Fsp3) is 0.733. The molecule has 2 N–H and O–H groups in total. The van der Waals surface area contributed by atoms with E-state index in [0.29, 0.717) is 6.04 Å². The van der Waals surface area contributed by atoms with Crippen molar-refractivity contribution in [3.05, 3.63) is 18.2 Å². The quantitative estimate of drug-likeness (QED) is 0.909. The molecule has 1 amide bonds. The van der Waals surface area contributed by atoms with Crippen LogP contribution in [0.2, 0.25) is 0 Å². The van der Waals surface area contributed by atoms with Crippen LogP contribution >= 0.6 is 0 Å². The lowest BCUT2D eigenvalue weighted by atomic mass is 9.99. The molecular weight excluding hydrogens is 252 g/mol. The van der Waals surface area contributed by atoms with Crippen molar-refractivity contribution >= 4 is 5.91 Å². The van der Waals surface area contributed by atoms with Gasteiger partial charge in [0.05, 0.1) is 12.0 Å². The molecule has 0 radical (unpaired) electrons. The summed E-state index contributed by atoms with van der Waals surface area (Å²) in [7, 11) is 0. The summed E-state index contributed by atoms with van der Waals surface area (Å²) in [6.45, 7) is 7.56. The maximum Gasteiger partial charge on any atom is 0.227 e. The minimum atomic E-state index is -0.109. The number of amides is 1. The standard InChI is InChI=1S/C15H26N4O/c1-4-14-17-7-9-19(14)13-6-5-8-18(10-13)15(20)11(2)12(3)16/h7,9,11-13H,4-6,8,10,16H2,1-3H3. The van der Waals surface area contributed by atoms with E-state index in [2.05, 4.69) is 16.5 Å². The number of piperidine rings is 1. The zero-order valence-electron chi connectivity index (χ0n) is 12.7. The van der Waals surface area contributed by atoms with E-state index < -0.39 is 0 Å². The lowest BCUT2D eigenvalue weighted by molar-refractivity contribution is -0.137. The molecule has 20 heavy (non-hydrogen) atoms. The lowest BCUT2D eigenvalue weighted by Gasteiger charge is -2.36. The van der Waals surface area contributed by atoms with Crippen LogP contribution in [0.25, 0.3) is 0 Å². The van der Waals surface area contributed by atoms with Gasteiger partial charge in [0.15, 0.2) is 0 Å². The second-order valence-corrected chi connectivity index (χ2v) is 5.83. The molecule has 5 heteroatoms.